The minimum absolute atomic E-state index is 0.0496. The van der Waals surface area contributed by atoms with E-state index in [1.54, 1.807) is 24.5 Å². The fraction of sp³-hybridized carbons (Fsp3) is 0. The van der Waals surface area contributed by atoms with Gasteiger partial charge in [0, 0.05) is 30.1 Å². The number of nitrogens with one attached hydrogen (secondary N) is 1. The maximum Gasteiger partial charge on any atom is 0.269 e. The molecule has 0 unspecified atom stereocenters. The summed E-state index contributed by atoms with van der Waals surface area (Å²) in [4.78, 5) is 14.5. The number of aromatic nitrogens is 3. The Labute approximate surface area is 142 Å². The highest BCUT2D eigenvalue weighted by molar-refractivity contribution is 6.07. The van der Waals surface area contributed by atoms with Gasteiger partial charge in [-0.05, 0) is 41.0 Å². The smallest absolute Gasteiger partial charge is 0.269 e. The molecule has 0 spiro atoms. The van der Waals surface area contributed by atoms with Gasteiger partial charge < -0.3 is 5.73 Å². The standard InChI is InChI=1S/C18H13N5O2/c19-18-16-14(11-1-3-13(4-2-11)23(24)25)5-6-15(17(16)21-22-18)12-7-9-20-10-8-12/h1-10H,(H3,19,21,22). The minimum Gasteiger partial charge on any atom is -0.382 e. The van der Waals surface area contributed by atoms with Gasteiger partial charge in [0.15, 0.2) is 5.82 Å². The monoisotopic (exact) mass is 331 g/mol. The summed E-state index contributed by atoms with van der Waals surface area (Å²) in [7, 11) is 0. The molecule has 0 atom stereocenters. The average molecular weight is 331 g/mol. The van der Waals surface area contributed by atoms with Gasteiger partial charge in [0.1, 0.15) is 0 Å². The summed E-state index contributed by atoms with van der Waals surface area (Å²) in [5.41, 5.74) is 10.6. The van der Waals surface area contributed by atoms with E-state index in [0.29, 0.717) is 5.82 Å². The van der Waals surface area contributed by atoms with Crippen LogP contribution in [-0.4, -0.2) is 20.1 Å². The van der Waals surface area contributed by atoms with Crippen LogP contribution in [0.5, 0.6) is 0 Å². The van der Waals surface area contributed by atoms with E-state index in [-0.39, 0.29) is 5.69 Å². The van der Waals surface area contributed by atoms with Gasteiger partial charge >= 0.3 is 0 Å². The predicted octanol–water partition coefficient (Wildman–Crippen LogP) is 3.78. The third kappa shape index (κ3) is 2.47. The first kappa shape index (κ1) is 14.8. The lowest BCUT2D eigenvalue weighted by Crippen LogP contribution is -1.90. The van der Waals surface area contributed by atoms with E-state index in [1.165, 1.54) is 12.1 Å². The zero-order chi connectivity index (χ0) is 17.4. The molecule has 7 heteroatoms. The number of hydrogen-bond donors (Lipinski definition) is 2. The lowest BCUT2D eigenvalue weighted by Gasteiger charge is -2.08. The molecule has 0 fully saturated rings. The minimum atomic E-state index is -0.419. The Morgan fingerprint density at radius 2 is 1.56 bits per heavy atom. The Kier molecular flexibility index (Phi) is 3.39. The Bertz CT molecular complexity index is 1070. The summed E-state index contributed by atoms with van der Waals surface area (Å²) < 4.78 is 0. The first-order valence-electron chi connectivity index (χ1n) is 7.57. The molecular weight excluding hydrogens is 318 g/mol. The fourth-order valence-corrected chi connectivity index (χ4v) is 2.93. The number of non-ortho nitro benzene ring substituents is 1. The molecule has 0 aliphatic heterocycles. The van der Waals surface area contributed by atoms with Crippen molar-refractivity contribution < 1.29 is 4.92 Å². The largest absolute Gasteiger partial charge is 0.382 e. The maximum absolute atomic E-state index is 10.8. The van der Waals surface area contributed by atoms with Gasteiger partial charge in [-0.1, -0.05) is 12.1 Å². The number of nitro groups is 1. The molecule has 2 aromatic carbocycles. The van der Waals surface area contributed by atoms with Gasteiger partial charge in [-0.25, -0.2) is 0 Å². The third-order valence-corrected chi connectivity index (χ3v) is 4.13. The van der Waals surface area contributed by atoms with Crippen molar-refractivity contribution in [3.63, 3.8) is 0 Å². The predicted molar refractivity (Wildman–Crippen MR) is 95.8 cm³/mol. The Morgan fingerprint density at radius 1 is 0.920 bits per heavy atom. The molecule has 2 heterocycles. The molecule has 25 heavy (non-hydrogen) atoms. The zero-order valence-electron chi connectivity index (χ0n) is 13.0. The SMILES string of the molecule is Nc1n[nH]c2c(-c3ccncc3)ccc(-c3ccc([N+](=O)[O-])cc3)c12. The lowest BCUT2D eigenvalue weighted by molar-refractivity contribution is -0.384. The van der Waals surface area contributed by atoms with Crippen LogP contribution in [-0.2, 0) is 0 Å². The van der Waals surface area contributed by atoms with Crippen LogP contribution in [0, 0.1) is 10.1 Å². The van der Waals surface area contributed by atoms with E-state index in [2.05, 4.69) is 15.2 Å². The molecular formula is C18H13N5O2. The molecule has 122 valence electrons. The van der Waals surface area contributed by atoms with E-state index in [4.69, 9.17) is 5.73 Å². The lowest BCUT2D eigenvalue weighted by atomic mass is 9.96. The van der Waals surface area contributed by atoms with Gasteiger partial charge in [-0.2, -0.15) is 5.10 Å². The number of benzene rings is 2. The molecule has 7 nitrogen and oxygen atoms in total. The number of nitrogen functional groups attached to an aromatic ring is 1. The summed E-state index contributed by atoms with van der Waals surface area (Å²) >= 11 is 0. The van der Waals surface area contributed by atoms with Crippen molar-refractivity contribution in [1.29, 1.82) is 0 Å². The summed E-state index contributed by atoms with van der Waals surface area (Å²) in [6.07, 6.45) is 3.45. The number of hydrogen-bond acceptors (Lipinski definition) is 5. The maximum atomic E-state index is 10.8. The molecule has 0 aliphatic carbocycles. The average Bonchev–Trinajstić information content (AvgIpc) is 3.04. The number of fused-ring (bicyclic) bond motifs is 1. The van der Waals surface area contributed by atoms with Crippen LogP contribution in [0.4, 0.5) is 11.5 Å². The van der Waals surface area contributed by atoms with Crippen LogP contribution in [0.25, 0.3) is 33.2 Å². The van der Waals surface area contributed by atoms with E-state index in [1.807, 2.05) is 24.3 Å². The van der Waals surface area contributed by atoms with Crippen LogP contribution in [0.15, 0.2) is 60.9 Å². The van der Waals surface area contributed by atoms with Crippen molar-refractivity contribution in [3.05, 3.63) is 71.0 Å². The Hall–Kier alpha value is -3.74. The second-order valence-electron chi connectivity index (χ2n) is 5.56. The van der Waals surface area contributed by atoms with Crippen LogP contribution in [0.1, 0.15) is 0 Å². The Balaban J connectivity index is 1.92. The van der Waals surface area contributed by atoms with E-state index in [0.717, 1.165) is 33.2 Å². The quantitative estimate of drug-likeness (QED) is 0.438. The number of pyridine rings is 1. The van der Waals surface area contributed by atoms with Crippen LogP contribution in [0.2, 0.25) is 0 Å². The molecule has 0 radical (unpaired) electrons. The molecule has 0 aliphatic rings. The van der Waals surface area contributed by atoms with Gasteiger partial charge in [0.05, 0.1) is 15.8 Å². The molecule has 2 aromatic heterocycles. The topological polar surface area (TPSA) is 111 Å². The van der Waals surface area contributed by atoms with E-state index >= 15 is 0 Å². The number of H-pyrrole nitrogens is 1. The van der Waals surface area contributed by atoms with Crippen molar-refractivity contribution in [1.82, 2.24) is 15.2 Å². The number of nitro benzene ring substituents is 1. The number of anilines is 1. The molecule has 3 N–H and O–H groups in total. The molecule has 0 saturated heterocycles. The van der Waals surface area contributed by atoms with Gasteiger partial charge in [0.2, 0.25) is 0 Å². The van der Waals surface area contributed by atoms with E-state index < -0.39 is 4.92 Å². The van der Waals surface area contributed by atoms with E-state index in [9.17, 15) is 10.1 Å². The molecule has 0 amide bonds. The second kappa shape index (κ2) is 5.72. The fourth-order valence-electron chi connectivity index (χ4n) is 2.93. The summed E-state index contributed by atoms with van der Waals surface area (Å²) in [5.74, 6) is 0.388. The van der Waals surface area contributed by atoms with Crippen molar-refractivity contribution in [2.24, 2.45) is 0 Å². The summed E-state index contributed by atoms with van der Waals surface area (Å²) in [6.45, 7) is 0. The second-order valence-corrected chi connectivity index (χ2v) is 5.56. The molecule has 0 bridgehead atoms. The molecule has 4 aromatic rings. The van der Waals surface area contributed by atoms with Crippen molar-refractivity contribution in [3.8, 4) is 22.3 Å². The summed E-state index contributed by atoms with van der Waals surface area (Å²) in [6, 6.07) is 14.1. The first-order valence-corrected chi connectivity index (χ1v) is 7.57. The zero-order valence-corrected chi connectivity index (χ0v) is 13.0. The van der Waals surface area contributed by atoms with Gasteiger partial charge in [0.25, 0.3) is 5.69 Å². The third-order valence-electron chi connectivity index (χ3n) is 4.13. The number of nitrogens with zero attached hydrogens (tertiary/aromatic N) is 3. The first-order chi connectivity index (χ1) is 12.1. The van der Waals surface area contributed by atoms with Crippen LogP contribution in [0.3, 0.4) is 0 Å². The van der Waals surface area contributed by atoms with Gasteiger partial charge in [-0.3, -0.25) is 20.2 Å². The normalized spacial score (nSPS) is 10.9. The van der Waals surface area contributed by atoms with Crippen LogP contribution < -0.4 is 5.73 Å². The van der Waals surface area contributed by atoms with Crippen LogP contribution >= 0.6 is 0 Å². The molecule has 0 saturated carbocycles. The Morgan fingerprint density at radius 3 is 2.24 bits per heavy atom. The van der Waals surface area contributed by atoms with Gasteiger partial charge in [-0.15, -0.1) is 0 Å². The highest BCUT2D eigenvalue weighted by Crippen LogP contribution is 2.37. The number of nitrogens with two attached hydrogens (primary N) is 1. The molecule has 4 rings (SSSR count). The highest BCUT2D eigenvalue weighted by Gasteiger charge is 2.15. The van der Waals surface area contributed by atoms with Crippen molar-refractivity contribution in [2.75, 3.05) is 5.73 Å². The van der Waals surface area contributed by atoms with Crippen molar-refractivity contribution >= 4 is 22.4 Å². The van der Waals surface area contributed by atoms with Crippen molar-refractivity contribution in [2.45, 2.75) is 0 Å². The summed E-state index contributed by atoms with van der Waals surface area (Å²) in [5, 5.41) is 18.8. The number of aromatic amines is 1. The highest BCUT2D eigenvalue weighted by atomic mass is 16.6. The number of rotatable bonds is 3.